The van der Waals surface area contributed by atoms with Crippen LogP contribution in [0, 0.1) is 0 Å². The van der Waals surface area contributed by atoms with Crippen LogP contribution in [0.15, 0.2) is 4.99 Å². The average Bonchev–Trinajstić information content (AvgIpc) is 2.32. The molecule has 0 aliphatic carbocycles. The molecule has 1 atom stereocenters. The van der Waals surface area contributed by atoms with Crippen molar-refractivity contribution in [2.24, 2.45) is 4.99 Å². The van der Waals surface area contributed by atoms with Gasteiger partial charge in [-0.25, -0.2) is 0 Å². The van der Waals surface area contributed by atoms with Gasteiger partial charge in [0.2, 0.25) is 0 Å². The number of nitrogens with one attached hydrogen (secondary N) is 2. The minimum atomic E-state index is -4.13. The van der Waals surface area contributed by atoms with Gasteiger partial charge in [0.25, 0.3) is 0 Å². The molecule has 120 valence electrons. The van der Waals surface area contributed by atoms with Gasteiger partial charge in [0.15, 0.2) is 5.96 Å². The monoisotopic (exact) mass is 296 g/mol. The second kappa shape index (κ2) is 9.85. The van der Waals surface area contributed by atoms with Crippen molar-refractivity contribution in [3.8, 4) is 0 Å². The maximum atomic E-state index is 12.1. The fraction of sp³-hybridized carbons (Fsp3) is 0.923. The van der Waals surface area contributed by atoms with Gasteiger partial charge in [-0.3, -0.25) is 9.89 Å². The Morgan fingerprint density at radius 2 is 1.95 bits per heavy atom. The Morgan fingerprint density at radius 1 is 1.30 bits per heavy atom. The van der Waals surface area contributed by atoms with Gasteiger partial charge >= 0.3 is 6.18 Å². The zero-order chi connectivity index (χ0) is 15.6. The summed E-state index contributed by atoms with van der Waals surface area (Å²) in [6.07, 6.45) is -2.55. The zero-order valence-corrected chi connectivity index (χ0v) is 12.8. The van der Waals surface area contributed by atoms with E-state index in [0.717, 1.165) is 18.9 Å². The number of halogens is 3. The molecular weight excluding hydrogens is 269 g/mol. The summed E-state index contributed by atoms with van der Waals surface area (Å²) >= 11 is 0. The maximum absolute atomic E-state index is 12.1. The molecule has 0 bridgehead atoms. The van der Waals surface area contributed by atoms with Crippen LogP contribution in [0.4, 0.5) is 13.2 Å². The first-order valence-electron chi connectivity index (χ1n) is 7.08. The maximum Gasteiger partial charge on any atom is 0.401 e. The van der Waals surface area contributed by atoms with E-state index in [0.29, 0.717) is 25.6 Å². The quantitative estimate of drug-likeness (QED) is 0.410. The molecule has 7 heteroatoms. The highest BCUT2D eigenvalue weighted by molar-refractivity contribution is 5.79. The molecule has 0 aromatic rings. The van der Waals surface area contributed by atoms with E-state index in [1.54, 1.807) is 0 Å². The Kier molecular flexibility index (Phi) is 9.37. The summed E-state index contributed by atoms with van der Waals surface area (Å²) in [5.74, 6) is 0.723. The second-order valence-electron chi connectivity index (χ2n) is 4.92. The van der Waals surface area contributed by atoms with E-state index in [9.17, 15) is 13.2 Å². The van der Waals surface area contributed by atoms with Gasteiger partial charge in [-0.1, -0.05) is 6.92 Å². The number of guanidine groups is 1. The molecule has 2 N–H and O–H groups in total. The van der Waals surface area contributed by atoms with Crippen LogP contribution in [0.1, 0.15) is 33.6 Å². The largest absolute Gasteiger partial charge is 0.401 e. The third-order valence-corrected chi connectivity index (χ3v) is 2.76. The molecule has 0 aliphatic heterocycles. The minimum Gasteiger partial charge on any atom is -0.357 e. The van der Waals surface area contributed by atoms with Gasteiger partial charge in [0, 0.05) is 19.1 Å². The third kappa shape index (κ3) is 10.9. The van der Waals surface area contributed by atoms with Crippen molar-refractivity contribution in [3.05, 3.63) is 0 Å². The number of hydrogen-bond acceptors (Lipinski definition) is 2. The van der Waals surface area contributed by atoms with Crippen molar-refractivity contribution in [1.82, 2.24) is 15.5 Å². The summed E-state index contributed by atoms with van der Waals surface area (Å²) in [6, 6.07) is 0.320. The Bertz CT molecular complexity index is 279. The van der Waals surface area contributed by atoms with Crippen LogP contribution < -0.4 is 10.6 Å². The fourth-order valence-electron chi connectivity index (χ4n) is 1.57. The van der Waals surface area contributed by atoms with Gasteiger partial charge < -0.3 is 10.6 Å². The zero-order valence-electron chi connectivity index (χ0n) is 12.8. The number of aliphatic imine (C=N–C) groups is 1. The number of rotatable bonds is 8. The molecule has 0 amide bonds. The van der Waals surface area contributed by atoms with Gasteiger partial charge in [-0.2, -0.15) is 13.2 Å². The molecule has 0 radical (unpaired) electrons. The highest BCUT2D eigenvalue weighted by atomic mass is 19.4. The lowest BCUT2D eigenvalue weighted by atomic mass is 10.3. The van der Waals surface area contributed by atoms with E-state index >= 15 is 0 Å². The Morgan fingerprint density at radius 3 is 2.45 bits per heavy atom. The molecule has 0 rings (SSSR count). The van der Waals surface area contributed by atoms with Crippen molar-refractivity contribution >= 4 is 5.96 Å². The van der Waals surface area contributed by atoms with Crippen LogP contribution in [-0.4, -0.2) is 56.3 Å². The van der Waals surface area contributed by atoms with Crippen LogP contribution >= 0.6 is 0 Å². The third-order valence-electron chi connectivity index (χ3n) is 2.76. The molecule has 4 nitrogen and oxygen atoms in total. The van der Waals surface area contributed by atoms with E-state index < -0.39 is 12.7 Å². The SMILES string of the molecule is CCNC(=NCCCN(C)CC(F)(F)F)NC(C)CC. The van der Waals surface area contributed by atoms with E-state index in [1.807, 2.05) is 6.92 Å². The lowest BCUT2D eigenvalue weighted by Crippen LogP contribution is -2.42. The van der Waals surface area contributed by atoms with E-state index in [2.05, 4.69) is 29.5 Å². The van der Waals surface area contributed by atoms with Crippen LogP contribution in [0.2, 0.25) is 0 Å². The van der Waals surface area contributed by atoms with Gasteiger partial charge in [0.1, 0.15) is 0 Å². The number of nitrogens with zero attached hydrogens (tertiary/aromatic N) is 2. The summed E-state index contributed by atoms with van der Waals surface area (Å²) < 4.78 is 36.4. The summed E-state index contributed by atoms with van der Waals surface area (Å²) in [6.45, 7) is 6.89. The van der Waals surface area contributed by atoms with Gasteiger partial charge in [-0.15, -0.1) is 0 Å². The standard InChI is InChI=1S/C13H27F3N4/c1-5-11(3)19-12(17-6-2)18-8-7-9-20(4)10-13(14,15)16/h11H,5-10H2,1-4H3,(H2,17,18,19). The average molecular weight is 296 g/mol. The highest BCUT2D eigenvalue weighted by Gasteiger charge is 2.28. The Labute approximate surface area is 119 Å². The molecule has 20 heavy (non-hydrogen) atoms. The first kappa shape index (κ1) is 19.0. The molecule has 0 saturated heterocycles. The van der Waals surface area contributed by atoms with Crippen molar-refractivity contribution in [2.75, 3.05) is 33.2 Å². The van der Waals surface area contributed by atoms with Crippen molar-refractivity contribution < 1.29 is 13.2 Å². The van der Waals surface area contributed by atoms with E-state index in [-0.39, 0.29) is 0 Å². The lowest BCUT2D eigenvalue weighted by Gasteiger charge is -2.18. The summed E-state index contributed by atoms with van der Waals surface area (Å²) in [7, 11) is 1.47. The molecule has 1 unspecified atom stereocenters. The van der Waals surface area contributed by atoms with Crippen molar-refractivity contribution in [1.29, 1.82) is 0 Å². The summed E-state index contributed by atoms with van der Waals surface area (Å²) in [5, 5.41) is 6.36. The topological polar surface area (TPSA) is 39.7 Å². The predicted molar refractivity (Wildman–Crippen MR) is 77.0 cm³/mol. The minimum absolute atomic E-state index is 0.320. The molecule has 0 aromatic heterocycles. The van der Waals surface area contributed by atoms with Gasteiger partial charge in [-0.05, 0) is 40.3 Å². The van der Waals surface area contributed by atoms with Crippen LogP contribution in [0.25, 0.3) is 0 Å². The first-order chi connectivity index (χ1) is 9.28. The molecule has 0 aromatic carbocycles. The van der Waals surface area contributed by atoms with Gasteiger partial charge in [0.05, 0.1) is 6.54 Å². The molecule has 0 aliphatic rings. The van der Waals surface area contributed by atoms with Crippen molar-refractivity contribution in [2.45, 2.75) is 45.8 Å². The van der Waals surface area contributed by atoms with Crippen LogP contribution in [0.5, 0.6) is 0 Å². The Balaban J connectivity index is 4.04. The smallest absolute Gasteiger partial charge is 0.357 e. The molecular formula is C13H27F3N4. The lowest BCUT2D eigenvalue weighted by molar-refractivity contribution is -0.143. The molecule has 0 heterocycles. The molecule has 0 spiro atoms. The van der Waals surface area contributed by atoms with Crippen molar-refractivity contribution in [3.63, 3.8) is 0 Å². The van der Waals surface area contributed by atoms with Crippen LogP contribution in [0.3, 0.4) is 0 Å². The highest BCUT2D eigenvalue weighted by Crippen LogP contribution is 2.15. The predicted octanol–water partition coefficient (Wildman–Crippen LogP) is 2.22. The summed E-state index contributed by atoms with van der Waals surface area (Å²) in [5.41, 5.74) is 0. The fourth-order valence-corrected chi connectivity index (χ4v) is 1.57. The Hall–Kier alpha value is -0.980. The number of alkyl halides is 3. The van der Waals surface area contributed by atoms with E-state index in [4.69, 9.17) is 0 Å². The first-order valence-corrected chi connectivity index (χ1v) is 7.08. The van der Waals surface area contributed by atoms with Crippen LogP contribution in [-0.2, 0) is 0 Å². The molecule has 0 fully saturated rings. The number of hydrogen-bond donors (Lipinski definition) is 2. The normalized spacial score (nSPS) is 14.5. The second-order valence-corrected chi connectivity index (χ2v) is 4.92. The van der Waals surface area contributed by atoms with E-state index in [1.165, 1.54) is 11.9 Å². The summed E-state index contributed by atoms with van der Waals surface area (Å²) in [4.78, 5) is 5.62. The molecule has 0 saturated carbocycles.